The Morgan fingerprint density at radius 2 is 1.05 bits per heavy atom. The summed E-state index contributed by atoms with van der Waals surface area (Å²) in [5.74, 6) is -8.49. The van der Waals surface area contributed by atoms with Gasteiger partial charge in [-0.1, -0.05) is 12.1 Å². The zero-order chi connectivity index (χ0) is 42.9. The van der Waals surface area contributed by atoms with Crippen molar-refractivity contribution in [3.8, 4) is 17.2 Å². The molecule has 0 aromatic heterocycles. The maximum absolute atomic E-state index is 13.3. The number of ether oxygens (including phenoxy) is 5. The van der Waals surface area contributed by atoms with Crippen molar-refractivity contribution < 1.29 is 83.9 Å². The molecule has 58 heavy (non-hydrogen) atoms. The van der Waals surface area contributed by atoms with Gasteiger partial charge in [-0.2, -0.15) is 26.3 Å². The van der Waals surface area contributed by atoms with Gasteiger partial charge in [0, 0.05) is 16.8 Å². The molecular weight excluding hydrogens is 792 g/mol. The fourth-order valence-corrected chi connectivity index (χ4v) is 4.89. The number of carbonyl (C=O) groups excluding carboxylic acids is 5. The van der Waals surface area contributed by atoms with Gasteiger partial charge >= 0.3 is 30.3 Å². The number of hydrazine groups is 1. The van der Waals surface area contributed by atoms with Crippen LogP contribution in [-0.2, 0) is 31.4 Å². The summed E-state index contributed by atoms with van der Waals surface area (Å²) in [5.41, 5.74) is -0.651. The van der Waals surface area contributed by atoms with Crippen LogP contribution < -0.4 is 30.4 Å². The Hall–Kier alpha value is -7.32. The van der Waals surface area contributed by atoms with E-state index in [2.05, 4.69) is 5.32 Å². The number of alkyl halides is 6. The van der Waals surface area contributed by atoms with Crippen molar-refractivity contribution in [3.05, 3.63) is 118 Å². The molecule has 2 atom stereocenters. The fourth-order valence-electron chi connectivity index (χ4n) is 4.89. The molecule has 4 aromatic carbocycles. The summed E-state index contributed by atoms with van der Waals surface area (Å²) in [7, 11) is 4.07. The Labute approximate surface area is 322 Å². The fraction of sp³-hybridized carbons (Fsp3) is 0.189. The van der Waals surface area contributed by atoms with E-state index < -0.39 is 82.4 Å². The Bertz CT molecular complexity index is 2190. The topological polar surface area (TPSA) is 205 Å². The number of halogens is 6. The average molecular weight is 822 g/mol. The van der Waals surface area contributed by atoms with Crippen LogP contribution in [0.5, 0.6) is 17.2 Å². The Balaban J connectivity index is 1.54. The monoisotopic (exact) mass is 821 g/mol. The summed E-state index contributed by atoms with van der Waals surface area (Å²) in [6.07, 6.45) is -15.5. The maximum atomic E-state index is 13.3. The number of benzene rings is 4. The molecule has 0 spiro atoms. The maximum Gasteiger partial charge on any atom is 0.416 e. The number of anilines is 1. The van der Waals surface area contributed by atoms with Gasteiger partial charge in [-0.3, -0.25) is 25.2 Å². The number of carboxylic acids is 1. The molecule has 0 aliphatic rings. The van der Waals surface area contributed by atoms with E-state index in [4.69, 9.17) is 23.7 Å². The highest BCUT2D eigenvalue weighted by molar-refractivity contribution is 6.05. The molecule has 4 N–H and O–H groups in total. The van der Waals surface area contributed by atoms with E-state index >= 15 is 0 Å². The largest absolute Gasteiger partial charge is 0.493 e. The van der Waals surface area contributed by atoms with Gasteiger partial charge in [0.05, 0.1) is 43.6 Å². The molecule has 21 heteroatoms. The Morgan fingerprint density at radius 1 is 0.569 bits per heavy atom. The van der Waals surface area contributed by atoms with Gasteiger partial charge in [0.1, 0.15) is 0 Å². The van der Waals surface area contributed by atoms with E-state index in [1.165, 1.54) is 57.7 Å². The van der Waals surface area contributed by atoms with Crippen LogP contribution in [0.25, 0.3) is 0 Å². The van der Waals surface area contributed by atoms with Crippen molar-refractivity contribution in [2.24, 2.45) is 0 Å². The summed E-state index contributed by atoms with van der Waals surface area (Å²) in [5, 5.41) is 12.5. The molecule has 0 heterocycles. The first-order valence-electron chi connectivity index (χ1n) is 16.1. The van der Waals surface area contributed by atoms with Crippen LogP contribution in [0.4, 0.5) is 32.0 Å². The summed E-state index contributed by atoms with van der Waals surface area (Å²) in [6.45, 7) is 0. The van der Waals surface area contributed by atoms with Crippen molar-refractivity contribution >= 4 is 41.3 Å². The van der Waals surface area contributed by atoms with E-state index in [1.807, 2.05) is 5.43 Å². The van der Waals surface area contributed by atoms with E-state index in [1.54, 1.807) is 5.43 Å². The summed E-state index contributed by atoms with van der Waals surface area (Å²) in [4.78, 5) is 77.2. The second-order valence-electron chi connectivity index (χ2n) is 11.5. The lowest BCUT2D eigenvalue weighted by Gasteiger charge is -2.24. The highest BCUT2D eigenvalue weighted by atomic mass is 19.4. The number of rotatable bonds is 13. The van der Waals surface area contributed by atoms with Gasteiger partial charge in [0.25, 0.3) is 17.7 Å². The lowest BCUT2D eigenvalue weighted by atomic mass is 10.1. The van der Waals surface area contributed by atoms with Crippen LogP contribution in [0, 0.1) is 0 Å². The van der Waals surface area contributed by atoms with Crippen LogP contribution >= 0.6 is 0 Å². The summed E-state index contributed by atoms with van der Waals surface area (Å²) in [6, 6.07) is 12.7. The second kappa shape index (κ2) is 18.1. The molecule has 0 aliphatic carbocycles. The third kappa shape index (κ3) is 10.7. The second-order valence-corrected chi connectivity index (χ2v) is 11.5. The minimum Gasteiger partial charge on any atom is -0.493 e. The van der Waals surface area contributed by atoms with E-state index in [0.717, 1.165) is 24.3 Å². The predicted molar refractivity (Wildman–Crippen MR) is 185 cm³/mol. The lowest BCUT2D eigenvalue weighted by Crippen LogP contribution is -2.54. The predicted octanol–water partition coefficient (Wildman–Crippen LogP) is 5.30. The van der Waals surface area contributed by atoms with Gasteiger partial charge in [0.15, 0.2) is 11.5 Å². The minimum atomic E-state index is -4.95. The highest BCUT2D eigenvalue weighted by Gasteiger charge is 2.42. The number of esters is 2. The first kappa shape index (κ1) is 43.4. The average Bonchev–Trinajstić information content (AvgIpc) is 3.19. The number of carbonyl (C=O) groups is 6. The molecule has 0 bridgehead atoms. The van der Waals surface area contributed by atoms with E-state index in [-0.39, 0.29) is 34.1 Å². The molecule has 0 fully saturated rings. The number of carboxylic acid groups (broad SMARTS) is 1. The number of amides is 3. The summed E-state index contributed by atoms with van der Waals surface area (Å²) >= 11 is 0. The first-order chi connectivity index (χ1) is 27.3. The third-order valence-electron chi connectivity index (χ3n) is 7.73. The summed E-state index contributed by atoms with van der Waals surface area (Å²) < 4.78 is 105. The van der Waals surface area contributed by atoms with Crippen molar-refractivity contribution in [3.63, 3.8) is 0 Å². The number of nitrogens with one attached hydrogen (secondary N) is 3. The van der Waals surface area contributed by atoms with E-state index in [0.29, 0.717) is 24.3 Å². The van der Waals surface area contributed by atoms with Gasteiger partial charge in [0.2, 0.25) is 18.0 Å². The van der Waals surface area contributed by atoms with Crippen molar-refractivity contribution in [2.75, 3.05) is 26.6 Å². The van der Waals surface area contributed by atoms with Crippen LogP contribution in [0.3, 0.4) is 0 Å². The molecule has 306 valence electrons. The number of aliphatic carboxylic acids is 1. The molecule has 0 radical (unpaired) electrons. The molecule has 0 saturated heterocycles. The normalized spacial score (nSPS) is 12.2. The van der Waals surface area contributed by atoms with Crippen LogP contribution in [0.15, 0.2) is 84.9 Å². The molecule has 3 amide bonds. The Morgan fingerprint density at radius 3 is 1.48 bits per heavy atom. The molecule has 4 aromatic rings. The molecule has 4 rings (SSSR count). The standard InChI is InChI=1S/C37H29F6N3O12/c1-54-25-16-21(17-26(55-2)27(25)56-3)30(47)44-24-12-10-18(11-13-24)31(48)45-46-32(49)28(57-34(52)19-6-4-8-22(14-19)36(38,39)40)29(33(50)51)58-35(53)20-7-5-9-23(15-20)37(41,42)43/h4-17,28-29H,1-3H3,(H,44,47)(H,45,48)(H,46,49)(H,50,51)/t28-,29-/m1/s1. The van der Waals surface area contributed by atoms with Crippen molar-refractivity contribution in [2.45, 2.75) is 24.6 Å². The van der Waals surface area contributed by atoms with Crippen LogP contribution in [-0.4, -0.2) is 74.3 Å². The number of methoxy groups -OCH3 is 3. The van der Waals surface area contributed by atoms with Gasteiger partial charge in [-0.15, -0.1) is 0 Å². The zero-order valence-electron chi connectivity index (χ0n) is 29.9. The van der Waals surface area contributed by atoms with Crippen molar-refractivity contribution in [1.29, 1.82) is 0 Å². The number of hydrogen-bond donors (Lipinski definition) is 4. The smallest absolute Gasteiger partial charge is 0.416 e. The Kier molecular flexibility index (Phi) is 13.5. The first-order valence-corrected chi connectivity index (χ1v) is 16.1. The highest BCUT2D eigenvalue weighted by Crippen LogP contribution is 2.38. The SMILES string of the molecule is COc1cc(C(=O)Nc2ccc(C(=O)NNC(=O)[C@H](OC(=O)c3cccc(C(F)(F)F)c3)[C@@H](OC(=O)c3cccc(C(F)(F)F)c3)C(=O)O)cc2)cc(OC)c1OC. The molecule has 0 unspecified atom stereocenters. The van der Waals surface area contributed by atoms with Gasteiger partial charge in [-0.25, -0.2) is 14.4 Å². The minimum absolute atomic E-state index is 0.0996. The number of hydrogen-bond acceptors (Lipinski definition) is 11. The molecule has 15 nitrogen and oxygen atoms in total. The van der Waals surface area contributed by atoms with Crippen molar-refractivity contribution in [1.82, 2.24) is 10.9 Å². The van der Waals surface area contributed by atoms with Gasteiger partial charge < -0.3 is 34.1 Å². The third-order valence-corrected chi connectivity index (χ3v) is 7.73. The van der Waals surface area contributed by atoms with Gasteiger partial charge in [-0.05, 0) is 72.8 Å². The lowest BCUT2D eigenvalue weighted by molar-refractivity contribution is -0.159. The zero-order valence-corrected chi connectivity index (χ0v) is 29.9. The van der Waals surface area contributed by atoms with Crippen LogP contribution in [0.1, 0.15) is 52.6 Å². The molecular formula is C37H29F6N3O12. The quantitative estimate of drug-likeness (QED) is 0.0771. The van der Waals surface area contributed by atoms with E-state index in [9.17, 15) is 60.2 Å². The molecule has 0 aliphatic heterocycles. The van der Waals surface area contributed by atoms with Crippen LogP contribution in [0.2, 0.25) is 0 Å². The molecule has 0 saturated carbocycles.